The molecule has 28 heavy (non-hydrogen) atoms. The number of hydrogen-bond acceptors (Lipinski definition) is 2. The molecule has 1 saturated heterocycles. The molecule has 2 heterocycles. The first kappa shape index (κ1) is 19.7. The first-order valence-electron chi connectivity index (χ1n) is 10.4. The summed E-state index contributed by atoms with van der Waals surface area (Å²) in [5, 5.41) is 7.91. The summed E-state index contributed by atoms with van der Waals surface area (Å²) in [5.74, 6) is 0.832. The summed E-state index contributed by atoms with van der Waals surface area (Å²) >= 11 is 6.47. The number of benzene rings is 1. The molecule has 2 fully saturated rings. The van der Waals surface area contributed by atoms with Crippen molar-refractivity contribution in [3.8, 4) is 0 Å². The van der Waals surface area contributed by atoms with Gasteiger partial charge in [-0.2, -0.15) is 0 Å². The zero-order valence-corrected chi connectivity index (χ0v) is 17.2. The fraction of sp³-hybridized carbons (Fsp3) is 0.591. The average molecular weight is 406 g/mol. The van der Waals surface area contributed by atoms with Crippen LogP contribution in [0.4, 0.5) is 4.39 Å². The van der Waals surface area contributed by atoms with Crippen molar-refractivity contribution in [3.05, 3.63) is 35.0 Å². The lowest BCUT2D eigenvalue weighted by molar-refractivity contribution is 0.0894. The SMILES string of the molecule is CC1(F)CCC(CNC(=O)c2cn(CC3CCNC3)c3cccc(Cl)c23)CC1. The van der Waals surface area contributed by atoms with Gasteiger partial charge in [0.2, 0.25) is 0 Å². The minimum Gasteiger partial charge on any atom is -0.352 e. The van der Waals surface area contributed by atoms with E-state index in [0.717, 1.165) is 49.8 Å². The average Bonchev–Trinajstić information content (AvgIpc) is 3.30. The van der Waals surface area contributed by atoms with Crippen molar-refractivity contribution in [2.45, 2.75) is 51.2 Å². The van der Waals surface area contributed by atoms with Crippen molar-refractivity contribution < 1.29 is 9.18 Å². The molecule has 1 saturated carbocycles. The highest BCUT2D eigenvalue weighted by Gasteiger charge is 2.31. The number of nitrogens with zero attached hydrogens (tertiary/aromatic N) is 1. The number of carbonyl (C=O) groups is 1. The van der Waals surface area contributed by atoms with Crippen LogP contribution in [-0.2, 0) is 6.54 Å². The molecule has 1 amide bonds. The number of halogens is 2. The molecule has 1 aromatic heterocycles. The van der Waals surface area contributed by atoms with Crippen LogP contribution in [0.1, 0.15) is 49.4 Å². The van der Waals surface area contributed by atoms with Crippen LogP contribution >= 0.6 is 11.6 Å². The highest BCUT2D eigenvalue weighted by atomic mass is 35.5. The van der Waals surface area contributed by atoms with Gasteiger partial charge in [-0.05, 0) is 76.1 Å². The number of hydrogen-bond donors (Lipinski definition) is 2. The molecule has 4 nitrogen and oxygen atoms in total. The molecule has 2 aliphatic rings. The van der Waals surface area contributed by atoms with Gasteiger partial charge >= 0.3 is 0 Å². The molecule has 1 unspecified atom stereocenters. The molecule has 0 radical (unpaired) electrons. The fourth-order valence-corrected chi connectivity index (χ4v) is 4.87. The van der Waals surface area contributed by atoms with Crippen LogP contribution in [0.15, 0.2) is 24.4 Å². The van der Waals surface area contributed by atoms with Crippen LogP contribution in [0.5, 0.6) is 0 Å². The van der Waals surface area contributed by atoms with Crippen LogP contribution in [0.25, 0.3) is 10.9 Å². The molecule has 2 aromatic rings. The van der Waals surface area contributed by atoms with E-state index in [-0.39, 0.29) is 5.91 Å². The summed E-state index contributed by atoms with van der Waals surface area (Å²) in [6, 6.07) is 5.81. The summed E-state index contributed by atoms with van der Waals surface area (Å²) in [5.41, 5.74) is 0.601. The van der Waals surface area contributed by atoms with E-state index in [2.05, 4.69) is 15.2 Å². The number of amides is 1. The van der Waals surface area contributed by atoms with Crippen molar-refractivity contribution in [2.75, 3.05) is 19.6 Å². The Morgan fingerprint density at radius 1 is 1.32 bits per heavy atom. The molecule has 6 heteroatoms. The highest BCUT2D eigenvalue weighted by Crippen LogP contribution is 2.34. The van der Waals surface area contributed by atoms with Crippen LogP contribution < -0.4 is 10.6 Å². The molecule has 0 spiro atoms. The monoisotopic (exact) mass is 405 g/mol. The minimum atomic E-state index is -1.05. The largest absolute Gasteiger partial charge is 0.352 e. The van der Waals surface area contributed by atoms with E-state index >= 15 is 0 Å². The van der Waals surface area contributed by atoms with Gasteiger partial charge in [-0.15, -0.1) is 0 Å². The van der Waals surface area contributed by atoms with Crippen LogP contribution in [0.3, 0.4) is 0 Å². The van der Waals surface area contributed by atoms with Gasteiger partial charge in [0.05, 0.1) is 16.1 Å². The van der Waals surface area contributed by atoms with Crippen molar-refractivity contribution in [3.63, 3.8) is 0 Å². The lowest BCUT2D eigenvalue weighted by atomic mass is 9.81. The van der Waals surface area contributed by atoms with E-state index < -0.39 is 5.67 Å². The molecule has 2 N–H and O–H groups in total. The Balaban J connectivity index is 1.50. The van der Waals surface area contributed by atoms with Gasteiger partial charge < -0.3 is 15.2 Å². The summed E-state index contributed by atoms with van der Waals surface area (Å²) < 4.78 is 16.2. The second-order valence-corrected chi connectivity index (χ2v) is 9.16. The zero-order chi connectivity index (χ0) is 19.7. The van der Waals surface area contributed by atoms with Gasteiger partial charge in [0.15, 0.2) is 0 Å². The van der Waals surface area contributed by atoms with Gasteiger partial charge in [-0.25, -0.2) is 4.39 Å². The van der Waals surface area contributed by atoms with E-state index in [4.69, 9.17) is 11.6 Å². The van der Waals surface area contributed by atoms with Crippen molar-refractivity contribution >= 4 is 28.4 Å². The second kappa shape index (κ2) is 8.03. The van der Waals surface area contributed by atoms with E-state index in [1.54, 1.807) is 6.92 Å². The smallest absolute Gasteiger partial charge is 0.253 e. The normalized spacial score (nSPS) is 28.0. The summed E-state index contributed by atoms with van der Waals surface area (Å²) in [7, 11) is 0. The highest BCUT2D eigenvalue weighted by molar-refractivity contribution is 6.36. The number of nitrogens with one attached hydrogen (secondary N) is 2. The Morgan fingerprint density at radius 2 is 2.11 bits per heavy atom. The van der Waals surface area contributed by atoms with Crippen LogP contribution in [0, 0.1) is 11.8 Å². The Hall–Kier alpha value is -1.59. The van der Waals surface area contributed by atoms with Crippen molar-refractivity contribution in [1.29, 1.82) is 0 Å². The Bertz CT molecular complexity index is 847. The fourth-order valence-electron chi connectivity index (χ4n) is 4.60. The third-order valence-corrected chi connectivity index (χ3v) is 6.73. The predicted molar refractivity (Wildman–Crippen MR) is 112 cm³/mol. The second-order valence-electron chi connectivity index (χ2n) is 8.75. The summed E-state index contributed by atoms with van der Waals surface area (Å²) in [4.78, 5) is 13.0. The van der Waals surface area contributed by atoms with E-state index in [0.29, 0.717) is 41.8 Å². The minimum absolute atomic E-state index is 0.0880. The van der Waals surface area contributed by atoms with Crippen molar-refractivity contribution in [1.82, 2.24) is 15.2 Å². The molecule has 1 aliphatic carbocycles. The number of carbonyl (C=O) groups excluding carboxylic acids is 1. The summed E-state index contributed by atoms with van der Waals surface area (Å²) in [6.07, 6.45) is 5.90. The standard InChI is InChI=1S/C22H29ClFN3O/c1-22(24)8-5-15(6-9-22)12-26-21(28)17-14-27(13-16-7-10-25-11-16)19-4-2-3-18(23)20(17)19/h2-4,14-16,25H,5-13H2,1H3,(H,26,28). The number of rotatable bonds is 5. The molecular weight excluding hydrogens is 377 g/mol. The lowest BCUT2D eigenvalue weighted by Crippen LogP contribution is -2.34. The molecular formula is C22H29ClFN3O. The van der Waals surface area contributed by atoms with Crippen molar-refractivity contribution in [2.24, 2.45) is 11.8 Å². The first-order valence-corrected chi connectivity index (χ1v) is 10.8. The maximum atomic E-state index is 14.0. The number of fused-ring (bicyclic) bond motifs is 1. The predicted octanol–water partition coefficient (Wildman–Crippen LogP) is 4.55. The van der Waals surface area contributed by atoms with Gasteiger partial charge in [0, 0.05) is 24.7 Å². The van der Waals surface area contributed by atoms with Gasteiger partial charge in [-0.1, -0.05) is 17.7 Å². The van der Waals surface area contributed by atoms with Crippen LogP contribution in [-0.4, -0.2) is 35.8 Å². The van der Waals surface area contributed by atoms with Crippen LogP contribution in [0.2, 0.25) is 5.02 Å². The Morgan fingerprint density at radius 3 is 2.82 bits per heavy atom. The van der Waals surface area contributed by atoms with Gasteiger partial charge in [0.1, 0.15) is 5.67 Å². The Labute approximate surface area is 170 Å². The molecule has 152 valence electrons. The zero-order valence-electron chi connectivity index (χ0n) is 16.4. The molecule has 1 atom stereocenters. The first-order chi connectivity index (χ1) is 13.4. The topological polar surface area (TPSA) is 46.1 Å². The molecule has 1 aliphatic heterocycles. The Kier molecular flexibility index (Phi) is 5.66. The van der Waals surface area contributed by atoms with E-state index in [1.165, 1.54) is 0 Å². The maximum Gasteiger partial charge on any atom is 0.253 e. The molecule has 4 rings (SSSR count). The maximum absolute atomic E-state index is 14.0. The van der Waals surface area contributed by atoms with Gasteiger partial charge in [0.25, 0.3) is 5.91 Å². The molecule has 1 aromatic carbocycles. The third kappa shape index (κ3) is 4.20. The van der Waals surface area contributed by atoms with E-state index in [9.17, 15) is 9.18 Å². The number of aromatic nitrogens is 1. The van der Waals surface area contributed by atoms with Gasteiger partial charge in [-0.3, -0.25) is 4.79 Å². The summed E-state index contributed by atoms with van der Waals surface area (Å²) in [6.45, 7) is 5.22. The third-order valence-electron chi connectivity index (χ3n) is 6.42. The van der Waals surface area contributed by atoms with E-state index in [1.807, 2.05) is 24.4 Å². The lowest BCUT2D eigenvalue weighted by Gasteiger charge is -2.31. The molecule has 0 bridgehead atoms. The quantitative estimate of drug-likeness (QED) is 0.766. The number of alkyl halides is 1.